The molecule has 3 rings (SSSR count). The Morgan fingerprint density at radius 2 is 1.67 bits per heavy atom. The van der Waals surface area contributed by atoms with E-state index in [4.69, 9.17) is 4.74 Å². The SMILES string of the molecule is CC[C@H](Oc1ccc(C)cc1)C(=O)N1CCN(c2cccc(C)c2C)CC1. The average Bonchev–Trinajstić information content (AvgIpc) is 2.69. The van der Waals surface area contributed by atoms with Crippen LogP contribution in [-0.2, 0) is 4.79 Å². The zero-order chi connectivity index (χ0) is 19.4. The molecule has 1 saturated heterocycles. The number of carbonyl (C=O) groups is 1. The van der Waals surface area contributed by atoms with Crippen molar-refractivity contribution in [2.75, 3.05) is 31.1 Å². The number of hydrogen-bond acceptors (Lipinski definition) is 3. The number of rotatable bonds is 5. The molecular weight excluding hydrogens is 336 g/mol. The molecule has 0 bridgehead atoms. The summed E-state index contributed by atoms with van der Waals surface area (Å²) in [4.78, 5) is 17.3. The normalized spacial score (nSPS) is 15.6. The van der Waals surface area contributed by atoms with Gasteiger partial charge in [-0.2, -0.15) is 0 Å². The van der Waals surface area contributed by atoms with E-state index in [0.717, 1.165) is 31.9 Å². The molecule has 1 aliphatic heterocycles. The minimum Gasteiger partial charge on any atom is -0.481 e. The fraction of sp³-hybridized carbons (Fsp3) is 0.435. The summed E-state index contributed by atoms with van der Waals surface area (Å²) in [6, 6.07) is 14.3. The highest BCUT2D eigenvalue weighted by atomic mass is 16.5. The van der Waals surface area contributed by atoms with Gasteiger partial charge in [-0.15, -0.1) is 0 Å². The van der Waals surface area contributed by atoms with Gasteiger partial charge in [0, 0.05) is 31.9 Å². The number of piperazine rings is 1. The molecule has 1 amide bonds. The van der Waals surface area contributed by atoms with Gasteiger partial charge in [0.25, 0.3) is 5.91 Å². The number of aryl methyl sites for hydroxylation is 2. The zero-order valence-electron chi connectivity index (χ0n) is 16.9. The minimum absolute atomic E-state index is 0.0960. The van der Waals surface area contributed by atoms with Crippen LogP contribution in [-0.4, -0.2) is 43.1 Å². The van der Waals surface area contributed by atoms with Gasteiger partial charge in [-0.05, 0) is 56.5 Å². The van der Waals surface area contributed by atoms with Gasteiger partial charge in [-0.3, -0.25) is 4.79 Å². The van der Waals surface area contributed by atoms with Gasteiger partial charge in [-0.1, -0.05) is 36.8 Å². The Morgan fingerprint density at radius 3 is 2.30 bits per heavy atom. The third kappa shape index (κ3) is 4.44. The third-order valence-corrected chi connectivity index (χ3v) is 5.45. The number of ether oxygens (including phenoxy) is 1. The van der Waals surface area contributed by atoms with Crippen molar-refractivity contribution in [3.63, 3.8) is 0 Å². The van der Waals surface area contributed by atoms with E-state index in [0.29, 0.717) is 6.42 Å². The molecule has 27 heavy (non-hydrogen) atoms. The lowest BCUT2D eigenvalue weighted by molar-refractivity contribution is -0.139. The maximum atomic E-state index is 12.9. The molecule has 1 atom stereocenters. The molecule has 4 heteroatoms. The second-order valence-corrected chi connectivity index (χ2v) is 7.36. The molecule has 0 spiro atoms. The van der Waals surface area contributed by atoms with Crippen molar-refractivity contribution in [2.24, 2.45) is 0 Å². The van der Waals surface area contributed by atoms with Crippen molar-refractivity contribution in [1.82, 2.24) is 4.90 Å². The second-order valence-electron chi connectivity index (χ2n) is 7.36. The first-order valence-electron chi connectivity index (χ1n) is 9.83. The van der Waals surface area contributed by atoms with E-state index in [1.807, 2.05) is 43.0 Å². The Balaban J connectivity index is 1.61. The fourth-order valence-electron chi connectivity index (χ4n) is 3.54. The van der Waals surface area contributed by atoms with E-state index in [-0.39, 0.29) is 5.91 Å². The van der Waals surface area contributed by atoms with Crippen LogP contribution in [0.3, 0.4) is 0 Å². The van der Waals surface area contributed by atoms with Crippen molar-refractivity contribution in [3.8, 4) is 5.75 Å². The van der Waals surface area contributed by atoms with Gasteiger partial charge in [0.2, 0.25) is 0 Å². The van der Waals surface area contributed by atoms with Gasteiger partial charge >= 0.3 is 0 Å². The number of amides is 1. The first kappa shape index (κ1) is 19.3. The van der Waals surface area contributed by atoms with Crippen LogP contribution in [0.15, 0.2) is 42.5 Å². The van der Waals surface area contributed by atoms with Crippen LogP contribution in [0.4, 0.5) is 5.69 Å². The summed E-state index contributed by atoms with van der Waals surface area (Å²) in [5, 5.41) is 0. The van der Waals surface area contributed by atoms with Crippen molar-refractivity contribution in [3.05, 3.63) is 59.2 Å². The molecular formula is C23H30N2O2. The zero-order valence-corrected chi connectivity index (χ0v) is 16.9. The van der Waals surface area contributed by atoms with E-state index in [2.05, 4.69) is 36.9 Å². The molecule has 0 N–H and O–H groups in total. The van der Waals surface area contributed by atoms with E-state index in [1.165, 1.54) is 22.4 Å². The quantitative estimate of drug-likeness (QED) is 0.798. The number of hydrogen-bond donors (Lipinski definition) is 0. The summed E-state index contributed by atoms with van der Waals surface area (Å²) in [5.41, 5.74) is 5.10. The lowest BCUT2D eigenvalue weighted by atomic mass is 10.1. The first-order chi connectivity index (χ1) is 13.0. The van der Waals surface area contributed by atoms with Crippen molar-refractivity contribution >= 4 is 11.6 Å². The Hall–Kier alpha value is -2.49. The second kappa shape index (κ2) is 8.47. The smallest absolute Gasteiger partial charge is 0.263 e. The van der Waals surface area contributed by atoms with Gasteiger partial charge in [0.05, 0.1) is 0 Å². The molecule has 2 aromatic rings. The Bertz CT molecular complexity index is 777. The van der Waals surface area contributed by atoms with Crippen LogP contribution in [0.2, 0.25) is 0 Å². The van der Waals surface area contributed by atoms with Crippen LogP contribution in [0.25, 0.3) is 0 Å². The van der Waals surface area contributed by atoms with Gasteiger partial charge in [0.15, 0.2) is 6.10 Å². The third-order valence-electron chi connectivity index (χ3n) is 5.45. The highest BCUT2D eigenvalue weighted by Crippen LogP contribution is 2.24. The van der Waals surface area contributed by atoms with Crippen molar-refractivity contribution in [2.45, 2.75) is 40.2 Å². The lowest BCUT2D eigenvalue weighted by Gasteiger charge is -2.38. The number of carbonyl (C=O) groups excluding carboxylic acids is 1. The van der Waals surface area contributed by atoms with E-state index in [1.54, 1.807) is 0 Å². The highest BCUT2D eigenvalue weighted by molar-refractivity contribution is 5.81. The summed E-state index contributed by atoms with van der Waals surface area (Å²) in [7, 11) is 0. The van der Waals surface area contributed by atoms with Crippen molar-refractivity contribution < 1.29 is 9.53 Å². The summed E-state index contributed by atoms with van der Waals surface area (Å²) >= 11 is 0. The predicted octanol–water partition coefficient (Wildman–Crippen LogP) is 4.12. The Labute approximate surface area is 162 Å². The lowest BCUT2D eigenvalue weighted by Crippen LogP contribution is -2.52. The maximum Gasteiger partial charge on any atom is 0.263 e. The number of anilines is 1. The number of nitrogens with zero attached hydrogens (tertiary/aromatic N) is 2. The largest absolute Gasteiger partial charge is 0.481 e. The van der Waals surface area contributed by atoms with Gasteiger partial charge < -0.3 is 14.5 Å². The molecule has 0 aliphatic carbocycles. The fourth-order valence-corrected chi connectivity index (χ4v) is 3.54. The molecule has 0 radical (unpaired) electrons. The van der Waals surface area contributed by atoms with E-state index < -0.39 is 6.10 Å². The van der Waals surface area contributed by atoms with Crippen LogP contribution < -0.4 is 9.64 Å². The molecule has 4 nitrogen and oxygen atoms in total. The molecule has 1 fully saturated rings. The Morgan fingerprint density at radius 1 is 1.00 bits per heavy atom. The van der Waals surface area contributed by atoms with Crippen LogP contribution in [0.1, 0.15) is 30.0 Å². The molecule has 1 heterocycles. The van der Waals surface area contributed by atoms with E-state index >= 15 is 0 Å². The monoisotopic (exact) mass is 366 g/mol. The molecule has 0 unspecified atom stereocenters. The van der Waals surface area contributed by atoms with Crippen LogP contribution in [0.5, 0.6) is 5.75 Å². The molecule has 2 aromatic carbocycles. The standard InChI is InChI=1S/C23H30N2O2/c1-5-22(27-20-11-9-17(2)10-12-20)23(26)25-15-13-24(14-16-25)21-8-6-7-18(3)19(21)4/h6-12,22H,5,13-16H2,1-4H3/t22-/m0/s1. The predicted molar refractivity (Wildman–Crippen MR) is 111 cm³/mol. The summed E-state index contributed by atoms with van der Waals surface area (Å²) in [6.45, 7) is 11.6. The minimum atomic E-state index is -0.417. The van der Waals surface area contributed by atoms with Gasteiger partial charge in [-0.25, -0.2) is 0 Å². The highest BCUT2D eigenvalue weighted by Gasteiger charge is 2.28. The topological polar surface area (TPSA) is 32.8 Å². The summed E-state index contributed by atoms with van der Waals surface area (Å²) in [5.74, 6) is 0.855. The number of benzene rings is 2. The van der Waals surface area contributed by atoms with Crippen LogP contribution in [0, 0.1) is 20.8 Å². The van der Waals surface area contributed by atoms with Crippen molar-refractivity contribution in [1.29, 1.82) is 0 Å². The first-order valence-corrected chi connectivity index (χ1v) is 9.83. The summed E-state index contributed by atoms with van der Waals surface area (Å²) < 4.78 is 5.98. The van der Waals surface area contributed by atoms with Crippen LogP contribution >= 0.6 is 0 Å². The molecule has 0 aromatic heterocycles. The molecule has 144 valence electrons. The molecule has 0 saturated carbocycles. The maximum absolute atomic E-state index is 12.9. The Kier molecular flexibility index (Phi) is 6.04. The van der Waals surface area contributed by atoms with E-state index in [9.17, 15) is 4.79 Å². The summed E-state index contributed by atoms with van der Waals surface area (Å²) in [6.07, 6.45) is 0.254. The average molecular weight is 367 g/mol. The molecule has 1 aliphatic rings. The van der Waals surface area contributed by atoms with Gasteiger partial charge in [0.1, 0.15) is 5.75 Å².